The van der Waals surface area contributed by atoms with Crippen LogP contribution in [0.3, 0.4) is 0 Å². The summed E-state index contributed by atoms with van der Waals surface area (Å²) in [4.78, 5) is 26.6. The van der Waals surface area contributed by atoms with Crippen molar-refractivity contribution in [3.63, 3.8) is 0 Å². The molecule has 2 heterocycles. The number of fused-ring (bicyclic) bond motifs is 5. The van der Waals surface area contributed by atoms with Gasteiger partial charge in [-0.1, -0.05) is 24.1 Å². The van der Waals surface area contributed by atoms with Crippen molar-refractivity contribution in [3.05, 3.63) is 22.8 Å². The SMILES string of the molecule is CC1=C(C)C(=O)OC([C@](C)(O)[C@@]2(O)CC[C@@]3(O)[C@@H]4CC=C5C[C@@H](O[C@@H]6O[C@H](CO)[C@@H](O)[C@H](O)[C@H]6O)CC(=O)[C@]5(C)[C@H]4CC[C@]23C)C1. The Morgan fingerprint density at radius 2 is 1.67 bits per heavy atom. The van der Waals surface area contributed by atoms with Crippen LogP contribution in [0.5, 0.6) is 0 Å². The maximum atomic E-state index is 14.1. The highest BCUT2D eigenvalue weighted by Crippen LogP contribution is 2.70. The molecular weight excluding hydrogens is 600 g/mol. The number of esters is 1. The van der Waals surface area contributed by atoms with Crippen molar-refractivity contribution in [3.8, 4) is 0 Å². The van der Waals surface area contributed by atoms with E-state index in [0.29, 0.717) is 31.3 Å². The monoisotopic (exact) mass is 650 g/mol. The second kappa shape index (κ2) is 11.1. The Morgan fingerprint density at radius 3 is 2.33 bits per heavy atom. The summed E-state index contributed by atoms with van der Waals surface area (Å²) in [6, 6.07) is 0. The van der Waals surface area contributed by atoms with Gasteiger partial charge in [0.15, 0.2) is 6.29 Å². The molecule has 46 heavy (non-hydrogen) atoms. The largest absolute Gasteiger partial charge is 0.455 e. The average Bonchev–Trinajstić information content (AvgIpc) is 3.23. The molecule has 1 saturated heterocycles. The second-order valence-electron chi connectivity index (χ2n) is 15.5. The lowest BCUT2D eigenvalue weighted by atomic mass is 9.44. The number of allylic oxidation sites excluding steroid dienone is 1. The van der Waals surface area contributed by atoms with Gasteiger partial charge in [-0.05, 0) is 78.1 Å². The van der Waals surface area contributed by atoms with Gasteiger partial charge in [-0.2, -0.15) is 0 Å². The number of aliphatic hydroxyl groups is 7. The normalized spacial score (nSPS) is 50.6. The molecular formula is C34H50O12. The molecule has 6 rings (SSSR count). The van der Waals surface area contributed by atoms with Crippen LogP contribution in [0.15, 0.2) is 22.8 Å². The first-order valence-electron chi connectivity index (χ1n) is 16.6. The molecule has 0 aromatic carbocycles. The molecule has 0 bridgehead atoms. The lowest BCUT2D eigenvalue weighted by Gasteiger charge is -2.63. The average molecular weight is 651 g/mol. The van der Waals surface area contributed by atoms with Crippen molar-refractivity contribution >= 4 is 11.8 Å². The molecule has 4 fully saturated rings. The fraction of sp³-hybridized carbons (Fsp3) is 0.824. The van der Waals surface area contributed by atoms with Crippen LogP contribution in [0.1, 0.15) is 86.0 Å². The maximum absolute atomic E-state index is 14.1. The third-order valence-electron chi connectivity index (χ3n) is 13.6. The number of ether oxygens (including phenoxy) is 3. The summed E-state index contributed by atoms with van der Waals surface area (Å²) in [5.41, 5.74) is -4.97. The van der Waals surface area contributed by atoms with Gasteiger partial charge in [0.05, 0.1) is 23.7 Å². The smallest absolute Gasteiger partial charge is 0.334 e. The molecule has 12 nitrogen and oxygen atoms in total. The van der Waals surface area contributed by atoms with Crippen LogP contribution >= 0.6 is 0 Å². The zero-order chi connectivity index (χ0) is 33.8. The van der Waals surface area contributed by atoms with E-state index in [1.165, 1.54) is 6.92 Å². The molecule has 258 valence electrons. The van der Waals surface area contributed by atoms with Crippen LogP contribution in [-0.2, 0) is 23.8 Å². The van der Waals surface area contributed by atoms with Crippen molar-refractivity contribution < 1.29 is 59.5 Å². The molecule has 0 radical (unpaired) electrons. The number of Topliss-reactive ketones (excluding diaryl/α,β-unsaturated/α-hetero) is 1. The first-order chi connectivity index (χ1) is 21.4. The number of cyclic esters (lactones) is 1. The minimum atomic E-state index is -1.86. The number of ketones is 1. The fourth-order valence-corrected chi connectivity index (χ4v) is 10.2. The van der Waals surface area contributed by atoms with Crippen LogP contribution in [0.2, 0.25) is 0 Å². The number of carbonyl (C=O) groups is 2. The molecule has 4 aliphatic carbocycles. The zero-order valence-electron chi connectivity index (χ0n) is 27.3. The highest BCUT2D eigenvalue weighted by atomic mass is 16.7. The van der Waals surface area contributed by atoms with Crippen LogP contribution in [0.4, 0.5) is 0 Å². The third-order valence-corrected chi connectivity index (χ3v) is 13.6. The van der Waals surface area contributed by atoms with Crippen LogP contribution in [-0.4, -0.2) is 114 Å². The molecule has 7 N–H and O–H groups in total. The van der Waals surface area contributed by atoms with Gasteiger partial charge in [-0.3, -0.25) is 4.79 Å². The molecule has 0 aromatic heterocycles. The van der Waals surface area contributed by atoms with Gasteiger partial charge in [-0.15, -0.1) is 0 Å². The van der Waals surface area contributed by atoms with Crippen molar-refractivity contribution in [1.29, 1.82) is 0 Å². The minimum Gasteiger partial charge on any atom is -0.455 e. The summed E-state index contributed by atoms with van der Waals surface area (Å²) in [5.74, 6) is -1.23. The van der Waals surface area contributed by atoms with Gasteiger partial charge in [0, 0.05) is 23.8 Å². The van der Waals surface area contributed by atoms with E-state index in [0.717, 1.165) is 11.1 Å². The Morgan fingerprint density at radius 1 is 0.978 bits per heavy atom. The Bertz CT molecular complexity index is 1340. The number of carbonyl (C=O) groups excluding carboxylic acids is 2. The van der Waals surface area contributed by atoms with Gasteiger partial charge in [0.1, 0.15) is 47.5 Å². The van der Waals surface area contributed by atoms with Gasteiger partial charge in [0.2, 0.25) is 0 Å². The van der Waals surface area contributed by atoms with Crippen molar-refractivity contribution in [1.82, 2.24) is 0 Å². The standard InChI is InChI=1S/C34H50O12/c1-16-12-24(46-28(40)17(16)2)32(5,41)34(43)11-10-33(42)21-7-6-18-13-19(44-29-27(39)26(38)25(37)22(15-35)45-29)14-23(36)31(18,4)20(21)8-9-30(33,34)3/h6,19-22,24-27,29,35,37-39,41-43H,7-15H2,1-5H3/t19-,20+,21-,22-,24?,25-,26+,27-,29-,30+,31+,32+,33-,34-/m1/s1. The topological polar surface area (TPSA) is 203 Å². The van der Waals surface area contributed by atoms with Crippen LogP contribution in [0.25, 0.3) is 0 Å². The zero-order valence-corrected chi connectivity index (χ0v) is 27.3. The molecule has 14 atom stereocenters. The first kappa shape index (κ1) is 34.1. The summed E-state index contributed by atoms with van der Waals surface area (Å²) >= 11 is 0. The molecule has 0 amide bonds. The van der Waals surface area contributed by atoms with Gasteiger partial charge in [-0.25, -0.2) is 4.79 Å². The van der Waals surface area contributed by atoms with Crippen molar-refractivity contribution in [2.24, 2.45) is 22.7 Å². The Hall–Kier alpha value is -1.74. The predicted octanol–water partition coefficient (Wildman–Crippen LogP) is 0.562. The van der Waals surface area contributed by atoms with Crippen LogP contribution in [0, 0.1) is 22.7 Å². The maximum Gasteiger partial charge on any atom is 0.334 e. The minimum absolute atomic E-state index is 0.000240. The number of rotatable bonds is 5. The van der Waals surface area contributed by atoms with E-state index in [4.69, 9.17) is 14.2 Å². The molecule has 12 heteroatoms. The lowest BCUT2D eigenvalue weighted by Crippen LogP contribution is -2.72. The summed E-state index contributed by atoms with van der Waals surface area (Å²) in [6.07, 6.45) is -4.59. The van der Waals surface area contributed by atoms with E-state index in [1.54, 1.807) is 6.92 Å². The quantitative estimate of drug-likeness (QED) is 0.161. The molecule has 6 aliphatic rings. The summed E-state index contributed by atoms with van der Waals surface area (Å²) < 4.78 is 17.2. The van der Waals surface area contributed by atoms with E-state index in [9.17, 15) is 45.3 Å². The Labute approximate surface area is 269 Å². The van der Waals surface area contributed by atoms with Crippen molar-refractivity contribution in [2.75, 3.05) is 6.61 Å². The number of hydrogen-bond donors (Lipinski definition) is 7. The molecule has 1 unspecified atom stereocenters. The highest BCUT2D eigenvalue weighted by molar-refractivity contribution is 5.90. The predicted molar refractivity (Wildman–Crippen MR) is 161 cm³/mol. The molecule has 0 aromatic rings. The Kier molecular flexibility index (Phi) is 8.27. The van der Waals surface area contributed by atoms with E-state index in [2.05, 4.69) is 0 Å². The van der Waals surface area contributed by atoms with Gasteiger partial charge in [0.25, 0.3) is 0 Å². The fourth-order valence-electron chi connectivity index (χ4n) is 10.2. The molecule has 3 saturated carbocycles. The van der Waals surface area contributed by atoms with Gasteiger partial charge < -0.3 is 50.0 Å². The lowest BCUT2D eigenvalue weighted by molar-refractivity contribution is -0.312. The summed E-state index contributed by atoms with van der Waals surface area (Å²) in [5, 5.41) is 77.5. The summed E-state index contributed by atoms with van der Waals surface area (Å²) in [7, 11) is 0. The Balaban J connectivity index is 1.25. The summed E-state index contributed by atoms with van der Waals surface area (Å²) in [6.45, 7) is 8.13. The highest BCUT2D eigenvalue weighted by Gasteiger charge is 2.76. The number of aliphatic hydroxyl groups excluding tert-OH is 4. The van der Waals surface area contributed by atoms with Crippen LogP contribution < -0.4 is 0 Å². The van der Waals surface area contributed by atoms with E-state index in [1.807, 2.05) is 26.8 Å². The second-order valence-corrected chi connectivity index (χ2v) is 15.5. The van der Waals surface area contributed by atoms with Gasteiger partial charge >= 0.3 is 5.97 Å². The molecule has 0 spiro atoms. The number of hydrogen-bond acceptors (Lipinski definition) is 12. The van der Waals surface area contributed by atoms with E-state index >= 15 is 0 Å². The van der Waals surface area contributed by atoms with E-state index < -0.39 is 83.1 Å². The first-order valence-corrected chi connectivity index (χ1v) is 16.6. The molecule has 2 aliphatic heterocycles. The third kappa shape index (κ3) is 4.44. The van der Waals surface area contributed by atoms with Crippen molar-refractivity contribution in [2.45, 2.75) is 146 Å². The van der Waals surface area contributed by atoms with E-state index in [-0.39, 0.29) is 43.3 Å².